The van der Waals surface area contributed by atoms with E-state index in [0.717, 1.165) is 4.90 Å². The lowest BCUT2D eigenvalue weighted by atomic mass is 10.2. The number of hydrogen-bond donors (Lipinski definition) is 1. The number of likely N-dealkylation sites (N-methyl/N-ethyl adjacent to an activating group) is 1. The first-order valence-corrected chi connectivity index (χ1v) is 7.03. The maximum Gasteiger partial charge on any atom is 0.284 e. The van der Waals surface area contributed by atoms with Gasteiger partial charge in [-0.15, -0.1) is 0 Å². The first-order chi connectivity index (χ1) is 9.47. The van der Waals surface area contributed by atoms with Gasteiger partial charge in [0, 0.05) is 7.05 Å². The molecule has 0 aliphatic carbocycles. The van der Waals surface area contributed by atoms with Gasteiger partial charge in [-0.2, -0.15) is 8.78 Å². The van der Waals surface area contributed by atoms with E-state index in [-0.39, 0.29) is 30.5 Å². The molecule has 5 nitrogen and oxygen atoms in total. The zero-order valence-corrected chi connectivity index (χ0v) is 11.6. The molecule has 1 aromatic rings. The molecule has 0 aromatic carbocycles. The van der Waals surface area contributed by atoms with Crippen molar-refractivity contribution in [1.29, 1.82) is 0 Å². The number of carbonyl (C=O) groups is 2. The van der Waals surface area contributed by atoms with Gasteiger partial charge in [0.25, 0.3) is 5.76 Å². The second kappa shape index (κ2) is 6.36. The molecule has 0 saturated carbocycles. The summed E-state index contributed by atoms with van der Waals surface area (Å²) < 4.78 is 29.4. The number of rotatable bonds is 6. The van der Waals surface area contributed by atoms with Crippen LogP contribution in [0.4, 0.5) is 8.78 Å². The fraction of sp³-hybridized carbons (Fsp3) is 0.500. The Morgan fingerprint density at radius 3 is 2.75 bits per heavy atom. The Kier molecular flexibility index (Phi) is 4.77. The Hall–Kier alpha value is -1.41. The van der Waals surface area contributed by atoms with Crippen molar-refractivity contribution in [3.63, 3.8) is 0 Å². The van der Waals surface area contributed by atoms with Gasteiger partial charge >= 0.3 is 0 Å². The Morgan fingerprint density at radius 2 is 2.15 bits per heavy atom. The van der Waals surface area contributed by atoms with Crippen LogP contribution in [0.3, 0.4) is 0 Å². The van der Waals surface area contributed by atoms with Crippen LogP contribution in [0.15, 0.2) is 16.5 Å². The average Bonchev–Trinajstić information content (AvgIpc) is 2.95. The molecule has 1 N–H and O–H groups in total. The van der Waals surface area contributed by atoms with Crippen molar-refractivity contribution in [1.82, 2.24) is 10.2 Å². The maximum absolute atomic E-state index is 12.0. The number of likely N-dealkylation sites (tertiary alicyclic amines) is 1. The van der Waals surface area contributed by atoms with Crippen LogP contribution in [0.1, 0.15) is 17.9 Å². The van der Waals surface area contributed by atoms with Crippen molar-refractivity contribution in [3.8, 4) is 0 Å². The number of amides is 2. The second-order valence-corrected chi connectivity index (χ2v) is 5.35. The van der Waals surface area contributed by atoms with Crippen LogP contribution in [0, 0.1) is 0 Å². The molecule has 8 heteroatoms. The highest BCUT2D eigenvalue weighted by Crippen LogP contribution is 2.21. The van der Waals surface area contributed by atoms with Gasteiger partial charge in [0.05, 0.1) is 24.8 Å². The van der Waals surface area contributed by atoms with Gasteiger partial charge in [0.1, 0.15) is 11.5 Å². The highest BCUT2D eigenvalue weighted by molar-refractivity contribution is 7.98. The predicted octanol–water partition coefficient (Wildman–Crippen LogP) is 1.58. The number of imide groups is 1. The van der Waals surface area contributed by atoms with Gasteiger partial charge < -0.3 is 4.42 Å². The van der Waals surface area contributed by atoms with Gasteiger partial charge in [-0.3, -0.25) is 19.8 Å². The smallest absolute Gasteiger partial charge is 0.284 e. The highest BCUT2D eigenvalue weighted by Gasteiger charge is 2.35. The molecule has 2 heterocycles. The summed E-state index contributed by atoms with van der Waals surface area (Å²) in [6.07, 6.45) is 0.129. The molecule has 1 aliphatic heterocycles. The molecule has 2 rings (SSSR count). The summed E-state index contributed by atoms with van der Waals surface area (Å²) >= 11 is 0.489. The molecule has 1 aromatic heterocycles. The summed E-state index contributed by atoms with van der Waals surface area (Å²) in [5.74, 6) is -1.82. The Balaban J connectivity index is 1.83. The Labute approximate surface area is 118 Å². The van der Waals surface area contributed by atoms with Gasteiger partial charge in [-0.05, 0) is 12.1 Å². The Bertz CT molecular complexity index is 507. The molecule has 1 atom stereocenters. The van der Waals surface area contributed by atoms with Crippen molar-refractivity contribution >= 4 is 23.6 Å². The third kappa shape index (κ3) is 3.57. The molecule has 1 unspecified atom stereocenters. The van der Waals surface area contributed by atoms with E-state index in [2.05, 4.69) is 5.32 Å². The van der Waals surface area contributed by atoms with E-state index in [1.807, 2.05) is 0 Å². The van der Waals surface area contributed by atoms with Crippen LogP contribution in [0.2, 0.25) is 0 Å². The summed E-state index contributed by atoms with van der Waals surface area (Å²) in [6, 6.07) is 2.75. The summed E-state index contributed by atoms with van der Waals surface area (Å²) in [4.78, 5) is 24.1. The minimum Gasteiger partial charge on any atom is -0.464 e. The number of nitrogens with zero attached hydrogens (tertiary/aromatic N) is 1. The van der Waals surface area contributed by atoms with Crippen LogP contribution >= 0.6 is 11.8 Å². The van der Waals surface area contributed by atoms with E-state index >= 15 is 0 Å². The number of nitrogens with one attached hydrogen (secondary N) is 1. The topological polar surface area (TPSA) is 62.6 Å². The van der Waals surface area contributed by atoms with Crippen LogP contribution in [0.25, 0.3) is 0 Å². The lowest BCUT2D eigenvalue weighted by molar-refractivity contribution is -0.137. The van der Waals surface area contributed by atoms with Crippen LogP contribution in [0.5, 0.6) is 0 Å². The molecule has 1 aliphatic rings. The number of furan rings is 1. The zero-order chi connectivity index (χ0) is 14.7. The summed E-state index contributed by atoms with van der Waals surface area (Å²) in [5, 5.41) is 2.93. The minimum atomic E-state index is -2.43. The van der Waals surface area contributed by atoms with Crippen LogP contribution < -0.4 is 5.32 Å². The molecular formula is C12H14F2N2O3S. The largest absolute Gasteiger partial charge is 0.464 e. The lowest BCUT2D eigenvalue weighted by Gasteiger charge is -2.09. The lowest BCUT2D eigenvalue weighted by Crippen LogP contribution is -2.36. The third-order valence-corrected chi connectivity index (χ3v) is 3.68. The fourth-order valence-electron chi connectivity index (χ4n) is 1.88. The summed E-state index contributed by atoms with van der Waals surface area (Å²) in [6.45, 7) is 0.275. The van der Waals surface area contributed by atoms with Gasteiger partial charge in [-0.25, -0.2) is 0 Å². The molecule has 20 heavy (non-hydrogen) atoms. The number of alkyl halides is 2. The molecular weight excluding hydrogens is 290 g/mol. The molecule has 1 fully saturated rings. The molecule has 0 radical (unpaired) electrons. The first-order valence-electron chi connectivity index (χ1n) is 5.98. The Morgan fingerprint density at radius 1 is 1.45 bits per heavy atom. The van der Waals surface area contributed by atoms with E-state index in [0.29, 0.717) is 23.3 Å². The minimum absolute atomic E-state index is 0.0985. The quantitative estimate of drug-likeness (QED) is 0.809. The van der Waals surface area contributed by atoms with Gasteiger partial charge in [0.15, 0.2) is 0 Å². The van der Waals surface area contributed by atoms with Crippen molar-refractivity contribution < 1.29 is 22.8 Å². The normalized spacial score (nSPS) is 19.4. The molecule has 0 bridgehead atoms. The molecule has 2 amide bonds. The van der Waals surface area contributed by atoms with Crippen LogP contribution in [-0.2, 0) is 21.9 Å². The van der Waals surface area contributed by atoms with Gasteiger partial charge in [0.2, 0.25) is 11.8 Å². The molecule has 0 spiro atoms. The summed E-state index contributed by atoms with van der Waals surface area (Å²) in [5.41, 5.74) is 0. The second-order valence-electron chi connectivity index (χ2n) is 4.37. The van der Waals surface area contributed by atoms with E-state index in [9.17, 15) is 18.4 Å². The van der Waals surface area contributed by atoms with E-state index in [4.69, 9.17) is 4.42 Å². The highest BCUT2D eigenvalue weighted by atomic mass is 32.2. The first kappa shape index (κ1) is 15.0. The SMILES string of the molecule is CN1C(=O)CC(NCc2ccc(CSC(F)F)o2)C1=O. The van der Waals surface area contributed by atoms with Crippen molar-refractivity contribution in [2.45, 2.75) is 30.5 Å². The number of halogens is 2. The van der Waals surface area contributed by atoms with Gasteiger partial charge in [-0.1, -0.05) is 11.8 Å². The standard InChI is InChI=1S/C12H14F2N2O3S/c1-16-10(17)4-9(11(16)18)15-5-7-2-3-8(19-7)6-20-12(13)14/h2-3,9,12,15H,4-6H2,1H3. The van der Waals surface area contributed by atoms with Crippen molar-refractivity contribution in [2.75, 3.05) is 7.05 Å². The number of thioether (sulfide) groups is 1. The summed E-state index contributed by atoms with van der Waals surface area (Å²) in [7, 11) is 1.44. The molecule has 1 saturated heterocycles. The average molecular weight is 304 g/mol. The van der Waals surface area contributed by atoms with E-state index in [1.54, 1.807) is 12.1 Å². The zero-order valence-electron chi connectivity index (χ0n) is 10.8. The fourth-order valence-corrected chi connectivity index (χ4v) is 2.32. The van der Waals surface area contributed by atoms with Crippen molar-refractivity contribution in [3.05, 3.63) is 23.7 Å². The van der Waals surface area contributed by atoms with Crippen molar-refractivity contribution in [2.24, 2.45) is 0 Å². The number of carbonyl (C=O) groups excluding carboxylic acids is 2. The van der Waals surface area contributed by atoms with Crippen LogP contribution in [-0.4, -0.2) is 35.6 Å². The monoisotopic (exact) mass is 304 g/mol. The maximum atomic E-state index is 12.0. The molecule has 110 valence electrons. The third-order valence-electron chi connectivity index (χ3n) is 2.97. The number of hydrogen-bond acceptors (Lipinski definition) is 5. The van der Waals surface area contributed by atoms with E-state index < -0.39 is 11.8 Å². The predicted molar refractivity (Wildman–Crippen MR) is 69.0 cm³/mol. The van der Waals surface area contributed by atoms with E-state index in [1.165, 1.54) is 7.05 Å².